The van der Waals surface area contributed by atoms with E-state index >= 15 is 0 Å². The lowest BCUT2D eigenvalue weighted by Gasteiger charge is -2.55. The van der Waals surface area contributed by atoms with E-state index in [-0.39, 0.29) is 0 Å². The summed E-state index contributed by atoms with van der Waals surface area (Å²) in [5.74, 6) is 12.9. The Bertz CT molecular complexity index is 448. The summed E-state index contributed by atoms with van der Waals surface area (Å²) in [6, 6.07) is 0. The first-order chi connectivity index (χ1) is 13.5. The number of hydrogen-bond acceptors (Lipinski definition) is 0. The van der Waals surface area contributed by atoms with Crippen molar-refractivity contribution in [1.29, 1.82) is 0 Å². The minimum Gasteiger partial charge on any atom is -0.0625 e. The zero-order valence-electron chi connectivity index (χ0n) is 19.4. The Hall–Kier alpha value is 0. The average Bonchev–Trinajstić information content (AvgIpc) is 3.26. The molecule has 0 aliphatic heterocycles. The van der Waals surface area contributed by atoms with Crippen LogP contribution in [0.25, 0.3) is 0 Å². The maximum absolute atomic E-state index is 2.57. The zero-order valence-corrected chi connectivity index (χ0v) is 19.4. The maximum atomic E-state index is 2.57. The number of fused-ring (bicyclic) bond motifs is 2. The predicted octanol–water partition coefficient (Wildman–Crippen LogP) is 8.21. The topological polar surface area (TPSA) is 0 Å². The molecular formula is C28H48. The average molecular weight is 385 g/mol. The molecular weight excluding hydrogens is 336 g/mol. The Labute approximate surface area is 176 Å². The van der Waals surface area contributed by atoms with E-state index in [0.29, 0.717) is 0 Å². The lowest BCUT2D eigenvalue weighted by atomic mass is 9.50. The van der Waals surface area contributed by atoms with Crippen molar-refractivity contribution in [2.75, 3.05) is 0 Å². The van der Waals surface area contributed by atoms with Crippen LogP contribution in [0.4, 0.5) is 0 Å². The molecule has 0 aromatic heterocycles. The maximum Gasteiger partial charge on any atom is -0.0323 e. The highest BCUT2D eigenvalue weighted by molar-refractivity contribution is 5.05. The van der Waals surface area contributed by atoms with E-state index in [1.807, 2.05) is 0 Å². The Balaban J connectivity index is 1.43. The van der Waals surface area contributed by atoms with Crippen LogP contribution in [0.1, 0.15) is 105 Å². The highest BCUT2D eigenvalue weighted by Gasteiger charge is 2.56. The lowest BCUT2D eigenvalue weighted by molar-refractivity contribution is -0.0691. The predicted molar refractivity (Wildman–Crippen MR) is 120 cm³/mol. The molecule has 160 valence electrons. The van der Waals surface area contributed by atoms with Crippen LogP contribution in [0, 0.1) is 71.0 Å². The fourth-order valence-corrected chi connectivity index (χ4v) is 10.6. The van der Waals surface area contributed by atoms with E-state index in [4.69, 9.17) is 0 Å². The molecule has 0 nitrogen and oxygen atoms in total. The van der Waals surface area contributed by atoms with Gasteiger partial charge in [-0.1, -0.05) is 40.5 Å². The summed E-state index contributed by atoms with van der Waals surface area (Å²) in [5.41, 5.74) is 0. The third-order valence-electron chi connectivity index (χ3n) is 10.7. The van der Waals surface area contributed by atoms with Gasteiger partial charge in [0.2, 0.25) is 0 Å². The second-order valence-electron chi connectivity index (χ2n) is 13.0. The summed E-state index contributed by atoms with van der Waals surface area (Å²) in [6.45, 7) is 10.3. The zero-order chi connectivity index (χ0) is 19.4. The molecule has 0 amide bonds. The summed E-state index contributed by atoms with van der Waals surface area (Å²) >= 11 is 0. The molecule has 0 aromatic rings. The molecule has 0 spiro atoms. The van der Waals surface area contributed by atoms with Crippen molar-refractivity contribution >= 4 is 0 Å². The molecule has 0 N–H and O–H groups in total. The van der Waals surface area contributed by atoms with Crippen molar-refractivity contribution in [3.05, 3.63) is 0 Å². The summed E-state index contributed by atoms with van der Waals surface area (Å²) in [6.07, 6.45) is 18.9. The summed E-state index contributed by atoms with van der Waals surface area (Å²) in [4.78, 5) is 0. The van der Waals surface area contributed by atoms with Gasteiger partial charge in [-0.05, 0) is 135 Å². The Kier molecular flexibility index (Phi) is 5.64. The summed E-state index contributed by atoms with van der Waals surface area (Å²) in [7, 11) is 0. The van der Waals surface area contributed by atoms with Gasteiger partial charge >= 0.3 is 0 Å². The molecule has 8 atom stereocenters. The molecule has 28 heavy (non-hydrogen) atoms. The van der Waals surface area contributed by atoms with Crippen LogP contribution in [-0.2, 0) is 0 Å². The Morgan fingerprint density at radius 3 is 0.964 bits per heavy atom. The largest absolute Gasteiger partial charge is 0.0625 e. The first-order valence-corrected chi connectivity index (χ1v) is 13.5. The molecule has 5 aliphatic carbocycles. The normalized spacial score (nSPS) is 57.0. The third kappa shape index (κ3) is 3.51. The summed E-state index contributed by atoms with van der Waals surface area (Å²) < 4.78 is 0. The first kappa shape index (κ1) is 19.9. The van der Waals surface area contributed by atoms with Crippen LogP contribution in [0.2, 0.25) is 0 Å². The standard InChI is InChI=1S/C28H48/c1-17-11-18(2)14-21(13-17)27-23-7-5-9-25(23)28(26-10-6-8-24(26)27)22-15-19(3)12-20(4)16-22/h17-28H,5-16H2,1-4H3. The highest BCUT2D eigenvalue weighted by atomic mass is 14.6. The van der Waals surface area contributed by atoms with Crippen LogP contribution in [0.3, 0.4) is 0 Å². The minimum absolute atomic E-state index is 0.992. The monoisotopic (exact) mass is 384 g/mol. The van der Waals surface area contributed by atoms with Crippen LogP contribution < -0.4 is 0 Å². The van der Waals surface area contributed by atoms with E-state index < -0.39 is 0 Å². The fourth-order valence-electron chi connectivity index (χ4n) is 10.6. The van der Waals surface area contributed by atoms with Crippen LogP contribution in [0.15, 0.2) is 0 Å². The minimum atomic E-state index is 0.992. The van der Waals surface area contributed by atoms with Crippen molar-refractivity contribution in [2.45, 2.75) is 105 Å². The molecule has 5 rings (SSSR count). The van der Waals surface area contributed by atoms with Crippen molar-refractivity contribution < 1.29 is 0 Å². The van der Waals surface area contributed by atoms with Crippen LogP contribution >= 0.6 is 0 Å². The van der Waals surface area contributed by atoms with Gasteiger partial charge in [0.1, 0.15) is 0 Å². The van der Waals surface area contributed by atoms with E-state index in [1.54, 1.807) is 64.2 Å². The molecule has 0 aromatic carbocycles. The van der Waals surface area contributed by atoms with Gasteiger partial charge < -0.3 is 0 Å². The molecule has 5 aliphatic rings. The molecule has 5 saturated carbocycles. The number of hydrogen-bond donors (Lipinski definition) is 0. The van der Waals surface area contributed by atoms with Gasteiger partial charge in [-0.25, -0.2) is 0 Å². The van der Waals surface area contributed by atoms with Gasteiger partial charge in [0.25, 0.3) is 0 Å². The molecule has 5 fully saturated rings. The molecule has 0 heteroatoms. The second kappa shape index (κ2) is 7.92. The van der Waals surface area contributed by atoms with Crippen molar-refractivity contribution in [3.8, 4) is 0 Å². The second-order valence-corrected chi connectivity index (χ2v) is 13.0. The van der Waals surface area contributed by atoms with Crippen LogP contribution in [-0.4, -0.2) is 0 Å². The van der Waals surface area contributed by atoms with Gasteiger partial charge in [-0.3, -0.25) is 0 Å². The van der Waals surface area contributed by atoms with E-state index in [0.717, 1.165) is 71.0 Å². The van der Waals surface area contributed by atoms with Gasteiger partial charge in [0.15, 0.2) is 0 Å². The van der Waals surface area contributed by atoms with Gasteiger partial charge in [0.05, 0.1) is 0 Å². The smallest absolute Gasteiger partial charge is 0.0323 e. The van der Waals surface area contributed by atoms with Gasteiger partial charge in [-0.2, -0.15) is 0 Å². The SMILES string of the molecule is CC1CC(C)CC(C2C3CCCC3C(C3CC(C)CC(C)C3)C3CCCC32)C1. The number of rotatable bonds is 2. The van der Waals surface area contributed by atoms with Gasteiger partial charge in [-0.15, -0.1) is 0 Å². The summed E-state index contributed by atoms with van der Waals surface area (Å²) in [5, 5.41) is 0. The molecule has 8 unspecified atom stereocenters. The van der Waals surface area contributed by atoms with Crippen molar-refractivity contribution in [1.82, 2.24) is 0 Å². The van der Waals surface area contributed by atoms with Crippen molar-refractivity contribution in [3.63, 3.8) is 0 Å². The van der Waals surface area contributed by atoms with E-state index in [9.17, 15) is 0 Å². The molecule has 0 saturated heterocycles. The molecule has 0 bridgehead atoms. The Morgan fingerprint density at radius 1 is 0.393 bits per heavy atom. The van der Waals surface area contributed by atoms with E-state index in [2.05, 4.69) is 27.7 Å². The fraction of sp³-hybridized carbons (Fsp3) is 1.00. The van der Waals surface area contributed by atoms with Crippen LogP contribution in [0.5, 0.6) is 0 Å². The third-order valence-corrected chi connectivity index (χ3v) is 10.7. The quantitative estimate of drug-likeness (QED) is 0.450. The molecule has 0 radical (unpaired) electrons. The molecule has 0 heterocycles. The van der Waals surface area contributed by atoms with E-state index in [1.165, 1.54) is 12.8 Å². The lowest BCUT2D eigenvalue weighted by Crippen LogP contribution is -2.49. The van der Waals surface area contributed by atoms with Crippen molar-refractivity contribution in [2.24, 2.45) is 71.0 Å². The first-order valence-electron chi connectivity index (χ1n) is 13.5. The van der Waals surface area contributed by atoms with Gasteiger partial charge in [0, 0.05) is 0 Å². The highest BCUT2D eigenvalue weighted by Crippen LogP contribution is 2.64. The Morgan fingerprint density at radius 2 is 0.679 bits per heavy atom.